The fourth-order valence-corrected chi connectivity index (χ4v) is 5.34. The van der Waals surface area contributed by atoms with Crippen LogP contribution in [0.25, 0.3) is 0 Å². The van der Waals surface area contributed by atoms with Crippen LogP contribution in [0.15, 0.2) is 35.7 Å². The zero-order chi connectivity index (χ0) is 22.5. The molecule has 1 N–H and O–H groups in total. The van der Waals surface area contributed by atoms with Crippen LogP contribution in [0.4, 0.5) is 5.69 Å². The van der Waals surface area contributed by atoms with E-state index in [1.165, 1.54) is 4.88 Å². The van der Waals surface area contributed by atoms with Crippen molar-refractivity contribution >= 4 is 28.8 Å². The van der Waals surface area contributed by atoms with E-state index in [0.29, 0.717) is 36.2 Å². The lowest BCUT2D eigenvalue weighted by molar-refractivity contribution is -0.126. The average Bonchev–Trinajstić information content (AvgIpc) is 3.47. The van der Waals surface area contributed by atoms with E-state index in [4.69, 9.17) is 9.47 Å². The lowest BCUT2D eigenvalue weighted by atomic mass is 9.97. The van der Waals surface area contributed by atoms with Gasteiger partial charge in [0.25, 0.3) is 0 Å². The summed E-state index contributed by atoms with van der Waals surface area (Å²) in [5.74, 6) is 1.21. The summed E-state index contributed by atoms with van der Waals surface area (Å²) >= 11 is 1.79. The molecule has 7 nitrogen and oxygen atoms in total. The van der Waals surface area contributed by atoms with Crippen molar-refractivity contribution in [2.24, 2.45) is 11.8 Å². The normalized spacial score (nSPS) is 21.6. The van der Waals surface area contributed by atoms with Crippen molar-refractivity contribution in [2.45, 2.75) is 25.8 Å². The lowest BCUT2D eigenvalue weighted by Crippen LogP contribution is -2.42. The highest BCUT2D eigenvalue weighted by molar-refractivity contribution is 7.09. The topological polar surface area (TPSA) is 71.1 Å². The smallest absolute Gasteiger partial charge is 0.227 e. The Hall–Kier alpha value is -2.58. The van der Waals surface area contributed by atoms with Crippen molar-refractivity contribution in [3.05, 3.63) is 40.6 Å². The molecule has 2 fully saturated rings. The minimum Gasteiger partial charge on any atom is -0.497 e. The quantitative estimate of drug-likeness (QED) is 0.660. The van der Waals surface area contributed by atoms with E-state index in [9.17, 15) is 9.59 Å². The van der Waals surface area contributed by atoms with Crippen LogP contribution >= 0.6 is 11.3 Å². The molecule has 1 aromatic carbocycles. The second-order valence-electron chi connectivity index (χ2n) is 8.51. The molecule has 2 amide bonds. The first-order valence-electron chi connectivity index (χ1n) is 11.1. The maximum Gasteiger partial charge on any atom is 0.227 e. The van der Waals surface area contributed by atoms with Gasteiger partial charge in [0.2, 0.25) is 11.8 Å². The van der Waals surface area contributed by atoms with Gasteiger partial charge in [-0.2, -0.15) is 0 Å². The largest absolute Gasteiger partial charge is 0.497 e. The number of benzene rings is 1. The van der Waals surface area contributed by atoms with E-state index in [1.54, 1.807) is 48.7 Å². The molecule has 2 aliphatic heterocycles. The fraction of sp³-hybridized carbons (Fsp3) is 0.500. The van der Waals surface area contributed by atoms with Crippen LogP contribution in [-0.4, -0.2) is 57.1 Å². The third kappa shape index (κ3) is 5.24. The molecule has 1 aromatic heterocycles. The predicted molar refractivity (Wildman–Crippen MR) is 125 cm³/mol. The maximum absolute atomic E-state index is 12.9. The van der Waals surface area contributed by atoms with Gasteiger partial charge in [0, 0.05) is 43.5 Å². The number of likely N-dealkylation sites (tertiary alicyclic amines) is 1. The average molecular weight is 458 g/mol. The summed E-state index contributed by atoms with van der Waals surface area (Å²) in [5.41, 5.74) is 0.642. The van der Waals surface area contributed by atoms with Gasteiger partial charge in [0.05, 0.1) is 25.8 Å². The van der Waals surface area contributed by atoms with Gasteiger partial charge in [-0.15, -0.1) is 11.3 Å². The number of thiophene rings is 1. The van der Waals surface area contributed by atoms with Crippen molar-refractivity contribution in [1.82, 2.24) is 10.2 Å². The van der Waals surface area contributed by atoms with Gasteiger partial charge in [-0.3, -0.25) is 14.5 Å². The lowest BCUT2D eigenvalue weighted by Gasteiger charge is -2.32. The molecular weight excluding hydrogens is 426 g/mol. The molecule has 32 heavy (non-hydrogen) atoms. The highest BCUT2D eigenvalue weighted by Crippen LogP contribution is 2.36. The predicted octanol–water partition coefficient (Wildman–Crippen LogP) is 3.15. The Morgan fingerprint density at radius 3 is 2.84 bits per heavy atom. The number of carbonyl (C=O) groups excluding carboxylic acids is 2. The van der Waals surface area contributed by atoms with Crippen LogP contribution in [0.1, 0.15) is 24.1 Å². The van der Waals surface area contributed by atoms with Gasteiger partial charge < -0.3 is 19.7 Å². The van der Waals surface area contributed by atoms with E-state index < -0.39 is 0 Å². The van der Waals surface area contributed by atoms with Crippen LogP contribution in [0.5, 0.6) is 11.5 Å². The van der Waals surface area contributed by atoms with E-state index in [2.05, 4.69) is 27.7 Å². The van der Waals surface area contributed by atoms with Crippen molar-refractivity contribution in [3.63, 3.8) is 0 Å². The van der Waals surface area contributed by atoms with Gasteiger partial charge in [-0.05, 0) is 48.9 Å². The number of anilines is 1. The molecule has 2 aliphatic rings. The minimum absolute atomic E-state index is 0.0434. The first-order chi connectivity index (χ1) is 15.6. The van der Waals surface area contributed by atoms with Gasteiger partial charge in [-0.1, -0.05) is 6.07 Å². The molecule has 0 bridgehead atoms. The first-order valence-corrected chi connectivity index (χ1v) is 12.0. The van der Waals surface area contributed by atoms with Crippen molar-refractivity contribution in [1.29, 1.82) is 0 Å². The van der Waals surface area contributed by atoms with Gasteiger partial charge in [-0.25, -0.2) is 0 Å². The molecule has 4 rings (SSSR count). The van der Waals surface area contributed by atoms with Crippen LogP contribution in [0.2, 0.25) is 0 Å². The van der Waals surface area contributed by atoms with Gasteiger partial charge in [0.1, 0.15) is 11.5 Å². The number of ether oxygens (including phenoxy) is 2. The van der Waals surface area contributed by atoms with E-state index in [0.717, 1.165) is 32.5 Å². The van der Waals surface area contributed by atoms with Crippen molar-refractivity contribution in [3.8, 4) is 11.5 Å². The Bertz CT molecular complexity index is 933. The summed E-state index contributed by atoms with van der Waals surface area (Å²) in [6.45, 7) is 4.10. The summed E-state index contributed by atoms with van der Waals surface area (Å²) in [6, 6.07) is 9.62. The highest BCUT2D eigenvalue weighted by atomic mass is 32.1. The minimum atomic E-state index is -0.357. The number of methoxy groups -OCH3 is 2. The van der Waals surface area contributed by atoms with E-state index in [-0.39, 0.29) is 24.2 Å². The molecule has 0 spiro atoms. The summed E-state index contributed by atoms with van der Waals surface area (Å²) in [7, 11) is 3.16. The molecule has 172 valence electrons. The van der Waals surface area contributed by atoms with Crippen LogP contribution in [0.3, 0.4) is 0 Å². The number of piperidine rings is 1. The standard InChI is InChI=1S/C24H31N3O4S/c1-30-19-7-8-22(31-2)21(12-19)27-15-18(11-23(27)28)24(29)25-13-17-5-3-9-26(14-17)16-20-6-4-10-32-20/h4,6-8,10,12,17-18H,3,5,9,11,13-16H2,1-2H3,(H,25,29). The molecular formula is C24H31N3O4S. The molecule has 8 heteroatoms. The summed E-state index contributed by atoms with van der Waals surface area (Å²) in [5, 5.41) is 5.23. The van der Waals surface area contributed by atoms with E-state index >= 15 is 0 Å². The summed E-state index contributed by atoms with van der Waals surface area (Å²) < 4.78 is 10.7. The number of hydrogen-bond donors (Lipinski definition) is 1. The SMILES string of the molecule is COc1ccc(OC)c(N2CC(C(=O)NCC3CCCN(Cc4cccs4)C3)CC2=O)c1. The number of hydrogen-bond acceptors (Lipinski definition) is 6. The van der Waals surface area contributed by atoms with Crippen molar-refractivity contribution in [2.75, 3.05) is 45.3 Å². The molecule has 0 aliphatic carbocycles. The Kier molecular flexibility index (Phi) is 7.32. The molecule has 2 unspecified atom stereocenters. The zero-order valence-corrected chi connectivity index (χ0v) is 19.5. The number of nitrogens with zero attached hydrogens (tertiary/aromatic N) is 2. The zero-order valence-electron chi connectivity index (χ0n) is 18.7. The Morgan fingerprint density at radius 2 is 2.09 bits per heavy atom. The molecule has 2 aromatic rings. The van der Waals surface area contributed by atoms with Crippen LogP contribution in [-0.2, 0) is 16.1 Å². The van der Waals surface area contributed by atoms with E-state index in [1.807, 2.05) is 0 Å². The van der Waals surface area contributed by atoms with Gasteiger partial charge >= 0.3 is 0 Å². The fourth-order valence-electron chi connectivity index (χ4n) is 4.60. The van der Waals surface area contributed by atoms with Crippen molar-refractivity contribution < 1.29 is 19.1 Å². The molecule has 0 saturated carbocycles. The first kappa shape index (κ1) is 22.6. The Labute approximate surface area is 193 Å². The number of nitrogens with one attached hydrogen (secondary N) is 1. The van der Waals surface area contributed by atoms with Gasteiger partial charge in [0.15, 0.2) is 0 Å². The molecule has 3 heterocycles. The molecule has 2 atom stereocenters. The Balaban J connectivity index is 1.31. The third-order valence-electron chi connectivity index (χ3n) is 6.30. The second-order valence-corrected chi connectivity index (χ2v) is 9.54. The number of amides is 2. The maximum atomic E-state index is 12.9. The number of carbonyl (C=O) groups is 2. The summed E-state index contributed by atoms with van der Waals surface area (Å²) in [4.78, 5) is 31.1. The van der Waals surface area contributed by atoms with Crippen LogP contribution < -0.4 is 19.7 Å². The van der Waals surface area contributed by atoms with Crippen LogP contribution in [0, 0.1) is 11.8 Å². The Morgan fingerprint density at radius 1 is 1.22 bits per heavy atom. The molecule has 2 saturated heterocycles. The molecule has 0 radical (unpaired) electrons. The monoisotopic (exact) mass is 457 g/mol. The number of rotatable bonds is 8. The highest BCUT2D eigenvalue weighted by Gasteiger charge is 2.36. The second kappa shape index (κ2) is 10.4. The third-order valence-corrected chi connectivity index (χ3v) is 7.16. The summed E-state index contributed by atoms with van der Waals surface area (Å²) in [6.07, 6.45) is 2.48.